The molecule has 1 aliphatic rings. The zero-order valence-electron chi connectivity index (χ0n) is 10.5. The molecule has 0 saturated carbocycles. The van der Waals surface area contributed by atoms with Crippen molar-refractivity contribution in [3.05, 3.63) is 51.8 Å². The summed E-state index contributed by atoms with van der Waals surface area (Å²) in [6, 6.07) is 4.70. The molecule has 104 valence electrons. The smallest absolute Gasteiger partial charge is 0.171 e. The van der Waals surface area contributed by atoms with Crippen LogP contribution >= 0.6 is 28.1 Å². The first-order valence-electron chi connectivity index (χ1n) is 5.90. The summed E-state index contributed by atoms with van der Waals surface area (Å²) in [5.74, 6) is -0.818. The van der Waals surface area contributed by atoms with E-state index in [9.17, 15) is 8.78 Å². The Hall–Kier alpha value is -1.34. The maximum Gasteiger partial charge on any atom is 0.171 e. The Balaban J connectivity index is 2.11. The predicted molar refractivity (Wildman–Crippen MR) is 78.5 cm³/mol. The third-order valence-electron chi connectivity index (χ3n) is 3.39. The molecule has 0 amide bonds. The SMILES string of the molecule is C[C@@]1(c2cc(Br)ccc2F)Cn2ncc(F)c2C(=S)N1. The molecule has 1 atom stereocenters. The van der Waals surface area contributed by atoms with Gasteiger partial charge in [0.1, 0.15) is 16.5 Å². The highest BCUT2D eigenvalue weighted by Crippen LogP contribution is 2.31. The van der Waals surface area contributed by atoms with Crippen LogP contribution < -0.4 is 5.32 Å². The van der Waals surface area contributed by atoms with Gasteiger partial charge in [-0.3, -0.25) is 4.68 Å². The fraction of sp³-hybridized carbons (Fsp3) is 0.231. The highest BCUT2D eigenvalue weighted by molar-refractivity contribution is 9.10. The molecule has 1 N–H and O–H groups in total. The molecule has 3 rings (SSSR count). The molecule has 1 aromatic carbocycles. The lowest BCUT2D eigenvalue weighted by Crippen LogP contribution is -2.52. The van der Waals surface area contributed by atoms with Crippen molar-refractivity contribution in [3.63, 3.8) is 0 Å². The van der Waals surface area contributed by atoms with Crippen molar-refractivity contribution in [2.24, 2.45) is 0 Å². The average Bonchev–Trinajstić information content (AvgIpc) is 2.73. The summed E-state index contributed by atoms with van der Waals surface area (Å²) in [7, 11) is 0. The van der Waals surface area contributed by atoms with Crippen molar-refractivity contribution >= 4 is 33.1 Å². The number of nitrogens with one attached hydrogen (secondary N) is 1. The minimum atomic E-state index is -0.781. The standard InChI is InChI=1S/C13H10BrF2N3S/c1-13(8-4-7(14)2-3-9(8)15)6-19-11(12(20)18-13)10(16)5-17-19/h2-5H,6H2,1H3,(H,18,20)/t13-/m0/s1. The van der Waals surface area contributed by atoms with Gasteiger partial charge in [0.15, 0.2) is 5.82 Å². The van der Waals surface area contributed by atoms with Crippen molar-refractivity contribution in [1.82, 2.24) is 15.1 Å². The molecule has 0 fully saturated rings. The quantitative estimate of drug-likeness (QED) is 0.795. The van der Waals surface area contributed by atoms with Crippen molar-refractivity contribution in [3.8, 4) is 0 Å². The summed E-state index contributed by atoms with van der Waals surface area (Å²) in [6.07, 6.45) is 1.12. The fourth-order valence-corrected chi connectivity index (χ4v) is 3.22. The Labute approximate surface area is 128 Å². The largest absolute Gasteiger partial charge is 0.363 e. The van der Waals surface area contributed by atoms with E-state index in [0.29, 0.717) is 12.1 Å². The summed E-state index contributed by atoms with van der Waals surface area (Å²) in [6.45, 7) is 2.10. The molecule has 7 heteroatoms. The van der Waals surface area contributed by atoms with E-state index >= 15 is 0 Å². The molecule has 1 aromatic heterocycles. The van der Waals surface area contributed by atoms with Crippen molar-refractivity contribution in [2.45, 2.75) is 19.0 Å². The van der Waals surface area contributed by atoms with Crippen LogP contribution in [0, 0.1) is 11.6 Å². The second kappa shape index (κ2) is 4.60. The van der Waals surface area contributed by atoms with Crippen LogP contribution in [0.25, 0.3) is 0 Å². The van der Waals surface area contributed by atoms with Gasteiger partial charge >= 0.3 is 0 Å². The van der Waals surface area contributed by atoms with Gasteiger partial charge in [0, 0.05) is 10.0 Å². The zero-order valence-corrected chi connectivity index (χ0v) is 12.9. The first kappa shape index (κ1) is 13.6. The van der Waals surface area contributed by atoms with Crippen LogP contribution in [0.2, 0.25) is 0 Å². The van der Waals surface area contributed by atoms with Crippen LogP contribution in [0.3, 0.4) is 0 Å². The number of benzene rings is 1. The molecule has 0 bridgehead atoms. The minimum absolute atomic E-state index is 0.230. The van der Waals surface area contributed by atoms with E-state index in [2.05, 4.69) is 26.3 Å². The number of halogens is 3. The van der Waals surface area contributed by atoms with Crippen molar-refractivity contribution in [2.75, 3.05) is 0 Å². The Morgan fingerprint density at radius 2 is 2.15 bits per heavy atom. The third-order valence-corrected chi connectivity index (χ3v) is 4.18. The Bertz CT molecular complexity index is 716. The third kappa shape index (κ3) is 2.05. The number of hydrogen-bond donors (Lipinski definition) is 1. The highest BCUT2D eigenvalue weighted by atomic mass is 79.9. The van der Waals surface area contributed by atoms with Crippen LogP contribution in [0.5, 0.6) is 0 Å². The van der Waals surface area contributed by atoms with Crippen molar-refractivity contribution < 1.29 is 8.78 Å². The Morgan fingerprint density at radius 1 is 1.40 bits per heavy atom. The van der Waals surface area contributed by atoms with E-state index in [1.54, 1.807) is 12.1 Å². The van der Waals surface area contributed by atoms with E-state index in [4.69, 9.17) is 12.2 Å². The van der Waals surface area contributed by atoms with Gasteiger partial charge in [-0.2, -0.15) is 5.10 Å². The number of aromatic nitrogens is 2. The molecule has 2 aromatic rings. The number of nitrogens with zero attached hydrogens (tertiary/aromatic N) is 2. The number of hydrogen-bond acceptors (Lipinski definition) is 2. The van der Waals surface area contributed by atoms with Crippen LogP contribution in [-0.4, -0.2) is 14.8 Å². The van der Waals surface area contributed by atoms with Gasteiger partial charge in [0.2, 0.25) is 0 Å². The molecule has 1 aliphatic heterocycles. The molecule has 0 aliphatic carbocycles. The van der Waals surface area contributed by atoms with Gasteiger partial charge in [-0.1, -0.05) is 28.1 Å². The summed E-state index contributed by atoms with van der Waals surface area (Å²) >= 11 is 8.51. The van der Waals surface area contributed by atoms with Gasteiger partial charge in [-0.25, -0.2) is 8.78 Å². The van der Waals surface area contributed by atoms with E-state index in [0.717, 1.165) is 10.7 Å². The van der Waals surface area contributed by atoms with Crippen LogP contribution in [0.1, 0.15) is 18.2 Å². The van der Waals surface area contributed by atoms with E-state index in [-0.39, 0.29) is 16.5 Å². The van der Waals surface area contributed by atoms with E-state index in [1.165, 1.54) is 10.7 Å². The maximum atomic E-state index is 14.1. The fourth-order valence-electron chi connectivity index (χ4n) is 2.43. The maximum absolute atomic E-state index is 14.1. The molecule has 0 unspecified atom stereocenters. The van der Waals surface area contributed by atoms with Gasteiger partial charge in [-0.05, 0) is 25.1 Å². The molecule has 0 radical (unpaired) electrons. The predicted octanol–water partition coefficient (Wildman–Crippen LogP) is 3.12. The minimum Gasteiger partial charge on any atom is -0.363 e. The second-order valence-electron chi connectivity index (χ2n) is 4.91. The normalized spacial score (nSPS) is 21.5. The van der Waals surface area contributed by atoms with Gasteiger partial charge in [0.25, 0.3) is 0 Å². The van der Waals surface area contributed by atoms with Gasteiger partial charge < -0.3 is 5.32 Å². The van der Waals surface area contributed by atoms with Crippen molar-refractivity contribution in [1.29, 1.82) is 0 Å². The molecular formula is C13H10BrF2N3S. The average molecular weight is 358 g/mol. The lowest BCUT2D eigenvalue weighted by molar-refractivity contribution is 0.319. The lowest BCUT2D eigenvalue weighted by atomic mass is 9.90. The van der Waals surface area contributed by atoms with Crippen LogP contribution in [0.4, 0.5) is 8.78 Å². The topological polar surface area (TPSA) is 29.9 Å². The monoisotopic (exact) mass is 357 g/mol. The molecule has 2 heterocycles. The van der Waals surface area contributed by atoms with E-state index < -0.39 is 11.4 Å². The molecular weight excluding hydrogens is 348 g/mol. The molecule has 20 heavy (non-hydrogen) atoms. The molecule has 3 nitrogen and oxygen atoms in total. The Kier molecular flexibility index (Phi) is 3.13. The van der Waals surface area contributed by atoms with Gasteiger partial charge in [0.05, 0.1) is 18.3 Å². The summed E-state index contributed by atoms with van der Waals surface area (Å²) in [4.78, 5) is 0.230. The summed E-state index contributed by atoms with van der Waals surface area (Å²) < 4.78 is 29.9. The zero-order chi connectivity index (χ0) is 14.5. The summed E-state index contributed by atoms with van der Waals surface area (Å²) in [5, 5.41) is 6.99. The number of fused-ring (bicyclic) bond motifs is 1. The molecule has 0 spiro atoms. The number of thiocarbonyl (C=S) groups is 1. The molecule has 0 saturated heterocycles. The first-order valence-corrected chi connectivity index (χ1v) is 7.10. The van der Waals surface area contributed by atoms with Gasteiger partial charge in [-0.15, -0.1) is 0 Å². The highest BCUT2D eigenvalue weighted by Gasteiger charge is 2.37. The Morgan fingerprint density at radius 3 is 2.90 bits per heavy atom. The van der Waals surface area contributed by atoms with Crippen LogP contribution in [-0.2, 0) is 12.1 Å². The lowest BCUT2D eigenvalue weighted by Gasteiger charge is -2.37. The summed E-state index contributed by atoms with van der Waals surface area (Å²) in [5.41, 5.74) is -0.0835. The second-order valence-corrected chi connectivity index (χ2v) is 6.23. The number of rotatable bonds is 1. The van der Waals surface area contributed by atoms with Crippen LogP contribution in [0.15, 0.2) is 28.9 Å². The first-order chi connectivity index (χ1) is 9.40. The van der Waals surface area contributed by atoms with E-state index in [1.807, 2.05) is 6.92 Å².